The number of nitrogens with one attached hydrogen (secondary N) is 2. The summed E-state index contributed by atoms with van der Waals surface area (Å²) in [4.78, 5) is 11.8. The molecule has 2 aromatic rings. The van der Waals surface area contributed by atoms with Crippen LogP contribution in [0.4, 0.5) is 5.69 Å². The lowest BCUT2D eigenvalue weighted by Gasteiger charge is -2.09. The first-order chi connectivity index (χ1) is 11.1. The van der Waals surface area contributed by atoms with Crippen molar-refractivity contribution >= 4 is 46.4 Å². The van der Waals surface area contributed by atoms with Gasteiger partial charge in [0.2, 0.25) is 5.91 Å². The summed E-state index contributed by atoms with van der Waals surface area (Å²) < 4.78 is 0. The highest BCUT2D eigenvalue weighted by Gasteiger charge is 2.05. The third-order valence-corrected chi connectivity index (χ3v) is 4.34. The van der Waals surface area contributed by atoms with Gasteiger partial charge in [-0.25, -0.2) is 0 Å². The minimum Gasteiger partial charge on any atom is -0.383 e. The van der Waals surface area contributed by atoms with Crippen molar-refractivity contribution in [3.8, 4) is 0 Å². The first-order valence-electron chi connectivity index (χ1n) is 7.25. The van der Waals surface area contributed by atoms with Gasteiger partial charge in [0.25, 0.3) is 0 Å². The van der Waals surface area contributed by atoms with Gasteiger partial charge in [-0.3, -0.25) is 4.79 Å². The highest BCUT2D eigenvalue weighted by atomic mass is 35.5. The third kappa shape index (κ3) is 5.94. The predicted molar refractivity (Wildman–Crippen MR) is 97.7 cm³/mol. The molecule has 0 aliphatic carbocycles. The zero-order valence-corrected chi connectivity index (χ0v) is 14.7. The van der Waals surface area contributed by atoms with Crippen LogP contribution in [0.1, 0.15) is 12.0 Å². The molecule has 0 heterocycles. The van der Waals surface area contributed by atoms with Crippen molar-refractivity contribution in [2.45, 2.75) is 12.8 Å². The van der Waals surface area contributed by atoms with E-state index in [1.54, 1.807) is 6.07 Å². The molecular weight excluding hydrogens is 355 g/mol. The molecule has 122 valence electrons. The minimum absolute atomic E-state index is 0.00962. The summed E-state index contributed by atoms with van der Waals surface area (Å²) in [6.45, 7) is 1.09. The van der Waals surface area contributed by atoms with E-state index < -0.39 is 0 Å². The van der Waals surface area contributed by atoms with Crippen molar-refractivity contribution in [1.82, 2.24) is 5.32 Å². The van der Waals surface area contributed by atoms with Crippen LogP contribution in [0.15, 0.2) is 42.5 Å². The summed E-state index contributed by atoms with van der Waals surface area (Å²) in [5, 5.41) is 7.67. The highest BCUT2D eigenvalue weighted by Crippen LogP contribution is 2.29. The molecule has 0 saturated heterocycles. The molecule has 0 aromatic heterocycles. The molecule has 0 radical (unpaired) electrons. The molecule has 23 heavy (non-hydrogen) atoms. The smallest absolute Gasteiger partial charge is 0.221 e. The Morgan fingerprint density at radius 1 is 0.957 bits per heavy atom. The van der Waals surface area contributed by atoms with Crippen LogP contribution in [-0.4, -0.2) is 19.0 Å². The largest absolute Gasteiger partial charge is 0.383 e. The summed E-state index contributed by atoms with van der Waals surface area (Å²) in [7, 11) is 0. The summed E-state index contributed by atoms with van der Waals surface area (Å²) in [6.07, 6.45) is 1.14. The highest BCUT2D eigenvalue weighted by molar-refractivity contribution is 6.43. The fourth-order valence-electron chi connectivity index (χ4n) is 2.04. The fraction of sp³-hybridized carbons (Fsp3) is 0.235. The van der Waals surface area contributed by atoms with Crippen molar-refractivity contribution in [3.05, 3.63) is 63.1 Å². The summed E-state index contributed by atoms with van der Waals surface area (Å²) in [5.74, 6) is -0.00962. The van der Waals surface area contributed by atoms with Crippen LogP contribution in [0.3, 0.4) is 0 Å². The van der Waals surface area contributed by atoms with Crippen molar-refractivity contribution in [2.24, 2.45) is 0 Å². The summed E-state index contributed by atoms with van der Waals surface area (Å²) in [5.41, 5.74) is 1.87. The number of anilines is 1. The molecule has 0 atom stereocenters. The maximum Gasteiger partial charge on any atom is 0.221 e. The van der Waals surface area contributed by atoms with Crippen LogP contribution in [0, 0.1) is 0 Å². The number of benzene rings is 2. The zero-order valence-electron chi connectivity index (χ0n) is 12.4. The normalized spacial score (nSPS) is 10.4. The maximum absolute atomic E-state index is 11.8. The van der Waals surface area contributed by atoms with Crippen LogP contribution in [0.5, 0.6) is 0 Å². The maximum atomic E-state index is 11.8. The van der Waals surface area contributed by atoms with E-state index >= 15 is 0 Å². The Balaban J connectivity index is 1.67. The molecule has 2 aromatic carbocycles. The second-order valence-electron chi connectivity index (χ2n) is 5.00. The first-order valence-corrected chi connectivity index (χ1v) is 8.38. The van der Waals surface area contributed by atoms with E-state index in [4.69, 9.17) is 34.8 Å². The van der Waals surface area contributed by atoms with E-state index in [2.05, 4.69) is 10.6 Å². The van der Waals surface area contributed by atoms with Crippen molar-refractivity contribution in [3.63, 3.8) is 0 Å². The lowest BCUT2D eigenvalue weighted by Crippen LogP contribution is -2.27. The molecule has 0 aliphatic heterocycles. The van der Waals surface area contributed by atoms with E-state index in [0.717, 1.165) is 17.7 Å². The van der Waals surface area contributed by atoms with Gasteiger partial charge in [-0.2, -0.15) is 0 Å². The lowest BCUT2D eigenvalue weighted by molar-refractivity contribution is -0.120. The Labute approximate surface area is 150 Å². The third-order valence-electron chi connectivity index (χ3n) is 3.27. The quantitative estimate of drug-likeness (QED) is 0.733. The van der Waals surface area contributed by atoms with Gasteiger partial charge in [0.05, 0.1) is 15.7 Å². The molecule has 2 N–H and O–H groups in total. The molecular formula is C17H17Cl3N2O. The number of carbonyl (C=O) groups is 1. The van der Waals surface area contributed by atoms with E-state index in [9.17, 15) is 4.79 Å². The Morgan fingerprint density at radius 2 is 1.70 bits per heavy atom. The Morgan fingerprint density at radius 3 is 2.43 bits per heavy atom. The summed E-state index contributed by atoms with van der Waals surface area (Å²) in [6, 6.07) is 13.0. The molecule has 0 fully saturated rings. The Kier molecular flexibility index (Phi) is 7.03. The number of hydrogen-bond acceptors (Lipinski definition) is 2. The minimum atomic E-state index is -0.00962. The molecule has 0 spiro atoms. The summed E-state index contributed by atoms with van der Waals surface area (Å²) >= 11 is 17.8. The molecule has 0 aliphatic rings. The topological polar surface area (TPSA) is 41.1 Å². The van der Waals surface area contributed by atoms with Crippen LogP contribution < -0.4 is 10.6 Å². The van der Waals surface area contributed by atoms with Gasteiger partial charge < -0.3 is 10.6 Å². The lowest BCUT2D eigenvalue weighted by atomic mass is 10.1. The van der Waals surface area contributed by atoms with Crippen molar-refractivity contribution < 1.29 is 4.79 Å². The number of rotatable bonds is 7. The molecule has 0 bridgehead atoms. The van der Waals surface area contributed by atoms with E-state index in [0.29, 0.717) is 34.6 Å². The second-order valence-corrected chi connectivity index (χ2v) is 6.23. The standard InChI is InChI=1S/C17H17Cl3N2O/c18-13-6-4-12(5-7-13)8-10-22-16(23)9-11-21-15-3-1-2-14(19)17(15)20/h1-7,21H,8-11H2,(H,22,23). The van der Waals surface area contributed by atoms with Crippen molar-refractivity contribution in [2.75, 3.05) is 18.4 Å². The predicted octanol–water partition coefficient (Wildman–Crippen LogP) is 4.81. The van der Waals surface area contributed by atoms with Gasteiger partial charge >= 0.3 is 0 Å². The first kappa shape index (κ1) is 17.9. The molecule has 1 amide bonds. The number of hydrogen-bond donors (Lipinski definition) is 2. The van der Waals surface area contributed by atoms with Gasteiger partial charge in [0, 0.05) is 24.5 Å². The van der Waals surface area contributed by atoms with Crippen LogP contribution in [-0.2, 0) is 11.2 Å². The average molecular weight is 372 g/mol. The second kappa shape index (κ2) is 9.02. The molecule has 3 nitrogen and oxygen atoms in total. The van der Waals surface area contributed by atoms with Gasteiger partial charge in [0.1, 0.15) is 0 Å². The number of halogens is 3. The molecule has 0 saturated carbocycles. The zero-order chi connectivity index (χ0) is 16.7. The number of amides is 1. The Hall–Kier alpha value is -1.42. The van der Waals surface area contributed by atoms with Gasteiger partial charge in [-0.15, -0.1) is 0 Å². The Bertz CT molecular complexity index is 659. The van der Waals surface area contributed by atoms with Gasteiger partial charge in [-0.1, -0.05) is 53.0 Å². The van der Waals surface area contributed by atoms with Gasteiger partial charge in [0.15, 0.2) is 0 Å². The van der Waals surface area contributed by atoms with E-state index in [-0.39, 0.29) is 5.91 Å². The molecule has 2 rings (SSSR count). The fourth-order valence-corrected chi connectivity index (χ4v) is 2.53. The van der Waals surface area contributed by atoms with Crippen LogP contribution in [0.2, 0.25) is 15.1 Å². The van der Waals surface area contributed by atoms with Crippen molar-refractivity contribution in [1.29, 1.82) is 0 Å². The number of carbonyl (C=O) groups excluding carboxylic acids is 1. The average Bonchev–Trinajstić information content (AvgIpc) is 2.53. The SMILES string of the molecule is O=C(CCNc1cccc(Cl)c1Cl)NCCc1ccc(Cl)cc1. The van der Waals surface area contributed by atoms with Crippen LogP contribution >= 0.6 is 34.8 Å². The van der Waals surface area contributed by atoms with Crippen LogP contribution in [0.25, 0.3) is 0 Å². The molecule has 6 heteroatoms. The van der Waals surface area contributed by atoms with E-state index in [1.165, 1.54) is 0 Å². The molecule has 0 unspecified atom stereocenters. The monoisotopic (exact) mass is 370 g/mol. The van der Waals surface area contributed by atoms with Gasteiger partial charge in [-0.05, 0) is 36.2 Å². The van der Waals surface area contributed by atoms with E-state index in [1.807, 2.05) is 36.4 Å².